The van der Waals surface area contributed by atoms with E-state index >= 15 is 0 Å². The first-order valence-corrected chi connectivity index (χ1v) is 4.11. The van der Waals surface area contributed by atoms with E-state index < -0.39 is 0 Å². The van der Waals surface area contributed by atoms with Crippen molar-refractivity contribution < 1.29 is 9.47 Å². The van der Waals surface area contributed by atoms with E-state index in [2.05, 4.69) is 6.07 Å². The van der Waals surface area contributed by atoms with Gasteiger partial charge in [0, 0.05) is 0 Å². The molecule has 1 heterocycles. The fourth-order valence-corrected chi connectivity index (χ4v) is 1.37. The van der Waals surface area contributed by atoms with Gasteiger partial charge in [0.05, 0.1) is 5.56 Å². The average molecular weight is 175 g/mol. The van der Waals surface area contributed by atoms with Crippen molar-refractivity contribution in [2.45, 2.75) is 6.92 Å². The van der Waals surface area contributed by atoms with E-state index in [4.69, 9.17) is 14.7 Å². The highest BCUT2D eigenvalue weighted by Gasteiger charge is 2.16. The maximum Gasteiger partial charge on any atom is 0.179 e. The van der Waals surface area contributed by atoms with Crippen LogP contribution in [-0.4, -0.2) is 13.2 Å². The van der Waals surface area contributed by atoms with Crippen LogP contribution in [0.4, 0.5) is 0 Å². The maximum atomic E-state index is 8.83. The summed E-state index contributed by atoms with van der Waals surface area (Å²) in [6, 6.07) is 5.77. The third-order valence-corrected chi connectivity index (χ3v) is 1.91. The summed E-state index contributed by atoms with van der Waals surface area (Å²) in [4.78, 5) is 0. The minimum absolute atomic E-state index is 0.519. The molecule has 66 valence electrons. The number of nitriles is 1. The van der Waals surface area contributed by atoms with Crippen molar-refractivity contribution in [3.05, 3.63) is 23.3 Å². The third-order valence-electron chi connectivity index (χ3n) is 1.91. The minimum Gasteiger partial charge on any atom is -0.486 e. The molecule has 0 aliphatic carbocycles. The van der Waals surface area contributed by atoms with E-state index in [9.17, 15) is 0 Å². The zero-order valence-electron chi connectivity index (χ0n) is 7.33. The molecule has 13 heavy (non-hydrogen) atoms. The van der Waals surface area contributed by atoms with Gasteiger partial charge in [-0.2, -0.15) is 5.26 Å². The Balaban J connectivity index is 2.58. The summed E-state index contributed by atoms with van der Waals surface area (Å²) in [5.74, 6) is 1.27. The smallest absolute Gasteiger partial charge is 0.179 e. The molecule has 3 heteroatoms. The van der Waals surface area contributed by atoms with Gasteiger partial charge in [0.25, 0.3) is 0 Å². The lowest BCUT2D eigenvalue weighted by atomic mass is 10.1. The van der Waals surface area contributed by atoms with Gasteiger partial charge in [-0.05, 0) is 24.6 Å². The van der Waals surface area contributed by atoms with Crippen molar-refractivity contribution in [1.82, 2.24) is 0 Å². The lowest BCUT2D eigenvalue weighted by molar-refractivity contribution is 0.171. The van der Waals surface area contributed by atoms with Crippen LogP contribution in [0.5, 0.6) is 11.5 Å². The van der Waals surface area contributed by atoms with Crippen molar-refractivity contribution >= 4 is 0 Å². The first kappa shape index (κ1) is 7.93. The molecule has 0 fully saturated rings. The Kier molecular flexibility index (Phi) is 1.82. The second-order valence-electron chi connectivity index (χ2n) is 2.95. The molecule has 0 atom stereocenters. The van der Waals surface area contributed by atoms with Gasteiger partial charge in [-0.15, -0.1) is 0 Å². The minimum atomic E-state index is 0.519. The molecule has 1 aromatic carbocycles. The van der Waals surface area contributed by atoms with Crippen LogP contribution in [0, 0.1) is 18.3 Å². The predicted octanol–water partition coefficient (Wildman–Crippen LogP) is 1.64. The second-order valence-corrected chi connectivity index (χ2v) is 2.95. The SMILES string of the molecule is Cc1cc(C#N)c2c(c1)OCCO2. The number of hydrogen-bond donors (Lipinski definition) is 0. The van der Waals surface area contributed by atoms with Crippen LogP contribution >= 0.6 is 0 Å². The van der Waals surface area contributed by atoms with Crippen LogP contribution in [0.1, 0.15) is 11.1 Å². The summed E-state index contributed by atoms with van der Waals surface area (Å²) < 4.78 is 10.7. The zero-order chi connectivity index (χ0) is 9.26. The number of hydrogen-bond acceptors (Lipinski definition) is 3. The Morgan fingerprint density at radius 2 is 2.08 bits per heavy atom. The number of fused-ring (bicyclic) bond motifs is 1. The molecule has 0 aromatic heterocycles. The lowest BCUT2D eigenvalue weighted by Crippen LogP contribution is -2.16. The molecule has 0 saturated heterocycles. The normalized spacial score (nSPS) is 13.5. The molecular formula is C10H9NO2. The molecule has 0 bridgehead atoms. The van der Waals surface area contributed by atoms with Crippen LogP contribution in [-0.2, 0) is 0 Å². The van der Waals surface area contributed by atoms with E-state index in [0.717, 1.165) is 5.56 Å². The van der Waals surface area contributed by atoms with Gasteiger partial charge in [-0.1, -0.05) is 0 Å². The van der Waals surface area contributed by atoms with Crippen LogP contribution in [0.25, 0.3) is 0 Å². The van der Waals surface area contributed by atoms with Gasteiger partial charge in [0.15, 0.2) is 11.5 Å². The number of aryl methyl sites for hydroxylation is 1. The standard InChI is InChI=1S/C10H9NO2/c1-7-4-8(6-11)10-9(5-7)12-2-3-13-10/h4-5H,2-3H2,1H3. The second kappa shape index (κ2) is 2.98. The molecule has 0 saturated carbocycles. The van der Waals surface area contributed by atoms with Gasteiger partial charge in [0.1, 0.15) is 19.3 Å². The van der Waals surface area contributed by atoms with E-state index in [1.54, 1.807) is 6.07 Å². The largest absolute Gasteiger partial charge is 0.486 e. The first-order valence-electron chi connectivity index (χ1n) is 4.11. The van der Waals surface area contributed by atoms with E-state index in [1.807, 2.05) is 13.0 Å². The molecule has 0 unspecified atom stereocenters. The summed E-state index contributed by atoms with van der Waals surface area (Å²) in [5.41, 5.74) is 1.57. The van der Waals surface area contributed by atoms with Crippen molar-refractivity contribution in [2.24, 2.45) is 0 Å². The van der Waals surface area contributed by atoms with Gasteiger partial charge in [-0.3, -0.25) is 0 Å². The quantitative estimate of drug-likeness (QED) is 0.602. The van der Waals surface area contributed by atoms with Crippen molar-refractivity contribution in [3.63, 3.8) is 0 Å². The summed E-state index contributed by atoms with van der Waals surface area (Å²) in [5, 5.41) is 8.83. The first-order chi connectivity index (χ1) is 6.31. The number of ether oxygens (including phenoxy) is 2. The molecule has 0 radical (unpaired) electrons. The van der Waals surface area contributed by atoms with Crippen LogP contribution < -0.4 is 9.47 Å². The number of nitrogens with zero attached hydrogens (tertiary/aromatic N) is 1. The average Bonchev–Trinajstić information content (AvgIpc) is 2.16. The summed E-state index contributed by atoms with van der Waals surface area (Å²) >= 11 is 0. The molecule has 0 N–H and O–H groups in total. The van der Waals surface area contributed by atoms with Gasteiger partial charge >= 0.3 is 0 Å². The Morgan fingerprint density at radius 1 is 1.31 bits per heavy atom. The van der Waals surface area contributed by atoms with E-state index in [0.29, 0.717) is 30.3 Å². The predicted molar refractivity (Wildman–Crippen MR) is 46.9 cm³/mol. The summed E-state index contributed by atoms with van der Waals surface area (Å²) in [6.07, 6.45) is 0. The fourth-order valence-electron chi connectivity index (χ4n) is 1.37. The molecule has 1 aliphatic heterocycles. The number of benzene rings is 1. The Labute approximate surface area is 76.5 Å². The van der Waals surface area contributed by atoms with Crippen molar-refractivity contribution in [2.75, 3.05) is 13.2 Å². The van der Waals surface area contributed by atoms with Crippen molar-refractivity contribution in [1.29, 1.82) is 5.26 Å². The van der Waals surface area contributed by atoms with Gasteiger partial charge in [0.2, 0.25) is 0 Å². The van der Waals surface area contributed by atoms with Gasteiger partial charge in [-0.25, -0.2) is 0 Å². The van der Waals surface area contributed by atoms with Crippen LogP contribution in [0.15, 0.2) is 12.1 Å². The van der Waals surface area contributed by atoms with Crippen LogP contribution in [0.3, 0.4) is 0 Å². The van der Waals surface area contributed by atoms with Crippen LogP contribution in [0.2, 0.25) is 0 Å². The molecule has 2 rings (SSSR count). The zero-order valence-corrected chi connectivity index (χ0v) is 7.33. The monoisotopic (exact) mass is 175 g/mol. The van der Waals surface area contributed by atoms with Crippen molar-refractivity contribution in [3.8, 4) is 17.6 Å². The highest BCUT2D eigenvalue weighted by atomic mass is 16.6. The number of rotatable bonds is 0. The molecule has 3 nitrogen and oxygen atoms in total. The third kappa shape index (κ3) is 1.31. The fraction of sp³-hybridized carbons (Fsp3) is 0.300. The molecule has 1 aromatic rings. The van der Waals surface area contributed by atoms with Gasteiger partial charge < -0.3 is 9.47 Å². The molecular weight excluding hydrogens is 166 g/mol. The molecule has 0 spiro atoms. The maximum absolute atomic E-state index is 8.83. The topological polar surface area (TPSA) is 42.2 Å². The highest BCUT2D eigenvalue weighted by molar-refractivity contribution is 5.55. The Hall–Kier alpha value is -1.69. The van der Waals surface area contributed by atoms with E-state index in [-0.39, 0.29) is 0 Å². The summed E-state index contributed by atoms with van der Waals surface area (Å²) in [7, 11) is 0. The summed E-state index contributed by atoms with van der Waals surface area (Å²) in [6.45, 7) is 3.01. The highest BCUT2D eigenvalue weighted by Crippen LogP contribution is 2.34. The molecule has 0 amide bonds. The Morgan fingerprint density at radius 3 is 2.85 bits per heavy atom. The molecule has 1 aliphatic rings. The Bertz CT molecular complexity index is 379. The van der Waals surface area contributed by atoms with E-state index in [1.165, 1.54) is 0 Å². The lowest BCUT2D eigenvalue weighted by Gasteiger charge is -2.19.